The first kappa shape index (κ1) is 20.9. The average Bonchev–Trinajstić information content (AvgIpc) is 3.49. The summed E-state index contributed by atoms with van der Waals surface area (Å²) in [7, 11) is 0. The molecule has 0 aliphatic carbocycles. The summed E-state index contributed by atoms with van der Waals surface area (Å²) in [6.07, 6.45) is 8.58. The summed E-state index contributed by atoms with van der Waals surface area (Å²) in [6, 6.07) is 11.4. The second-order valence-corrected chi connectivity index (χ2v) is 8.57. The molecule has 0 unspecified atom stereocenters. The molecule has 6 aromatic rings. The molecule has 0 atom stereocenters. The Kier molecular flexibility index (Phi) is 4.95. The SMILES string of the molecule is CC(C)Nc1cncc(-c2ccc3[nH]nc(-c4nc5nccc(-c6cccnc6)c5[nH]4)c3c2F)c1. The first-order valence-corrected chi connectivity index (χ1v) is 11.2. The van der Waals surface area contributed by atoms with Crippen LogP contribution < -0.4 is 5.32 Å². The van der Waals surface area contributed by atoms with E-state index in [4.69, 9.17) is 0 Å². The highest BCUT2D eigenvalue weighted by atomic mass is 19.1. The van der Waals surface area contributed by atoms with Crippen LogP contribution in [0.2, 0.25) is 0 Å². The van der Waals surface area contributed by atoms with Gasteiger partial charge in [0.1, 0.15) is 11.5 Å². The van der Waals surface area contributed by atoms with Gasteiger partial charge in [0, 0.05) is 59.3 Å². The predicted octanol–water partition coefficient (Wildman–Crippen LogP) is 5.58. The molecule has 0 aliphatic heterocycles. The van der Waals surface area contributed by atoms with E-state index >= 15 is 4.39 Å². The van der Waals surface area contributed by atoms with Gasteiger partial charge in [-0.15, -0.1) is 0 Å². The number of H-pyrrole nitrogens is 2. The number of rotatable bonds is 5. The minimum absolute atomic E-state index is 0.234. The van der Waals surface area contributed by atoms with E-state index in [-0.39, 0.29) is 6.04 Å². The molecule has 0 radical (unpaired) electrons. The van der Waals surface area contributed by atoms with Crippen molar-refractivity contribution < 1.29 is 4.39 Å². The Morgan fingerprint density at radius 2 is 1.83 bits per heavy atom. The van der Waals surface area contributed by atoms with Gasteiger partial charge in [-0.3, -0.25) is 15.1 Å². The van der Waals surface area contributed by atoms with E-state index in [0.717, 1.165) is 22.3 Å². The number of aromatic nitrogens is 7. The Bertz CT molecular complexity index is 1670. The van der Waals surface area contributed by atoms with Gasteiger partial charge >= 0.3 is 0 Å². The van der Waals surface area contributed by atoms with E-state index in [0.29, 0.717) is 39.2 Å². The quantitative estimate of drug-likeness (QED) is 0.307. The summed E-state index contributed by atoms with van der Waals surface area (Å²) in [5, 5.41) is 11.0. The molecular weight excluding hydrogens is 443 g/mol. The molecule has 172 valence electrons. The summed E-state index contributed by atoms with van der Waals surface area (Å²) < 4.78 is 16.0. The highest BCUT2D eigenvalue weighted by Gasteiger charge is 2.20. The lowest BCUT2D eigenvalue weighted by molar-refractivity contribution is 0.643. The molecule has 0 saturated carbocycles. The zero-order valence-electron chi connectivity index (χ0n) is 19.0. The van der Waals surface area contributed by atoms with Gasteiger partial charge in [-0.2, -0.15) is 5.10 Å². The molecule has 0 fully saturated rings. The standard InChI is InChI=1S/C26H21FN8/c1-14(2)31-17-10-16(12-29-13-17)18-5-6-20-21(22(18)27)24(35-34-20)26-32-23-19(7-9-30-25(23)33-26)15-4-3-8-28-11-15/h3-14,31H,1-2H3,(H,34,35)(H,30,32,33). The van der Waals surface area contributed by atoms with Crippen LogP contribution >= 0.6 is 0 Å². The topological polar surface area (TPSA) is 108 Å². The highest BCUT2D eigenvalue weighted by molar-refractivity contribution is 5.98. The molecule has 9 heteroatoms. The van der Waals surface area contributed by atoms with Gasteiger partial charge in [0.05, 0.1) is 22.1 Å². The Hall–Kier alpha value is -4.66. The van der Waals surface area contributed by atoms with Crippen molar-refractivity contribution in [2.45, 2.75) is 19.9 Å². The number of anilines is 1. The molecule has 1 aromatic carbocycles. The molecular formula is C26H21FN8. The van der Waals surface area contributed by atoms with Crippen LogP contribution in [0.4, 0.5) is 10.1 Å². The molecule has 0 bridgehead atoms. The number of nitrogens with one attached hydrogen (secondary N) is 3. The maximum atomic E-state index is 16.0. The number of fused-ring (bicyclic) bond motifs is 2. The number of hydrogen-bond acceptors (Lipinski definition) is 6. The number of aromatic amines is 2. The van der Waals surface area contributed by atoms with Crippen molar-refractivity contribution in [3.63, 3.8) is 0 Å². The normalized spacial score (nSPS) is 11.5. The number of benzene rings is 1. The molecule has 0 saturated heterocycles. The van der Waals surface area contributed by atoms with Gasteiger partial charge in [0.2, 0.25) is 0 Å². The second-order valence-electron chi connectivity index (χ2n) is 8.57. The number of nitrogens with zero attached hydrogens (tertiary/aromatic N) is 5. The first-order valence-electron chi connectivity index (χ1n) is 11.2. The van der Waals surface area contributed by atoms with Gasteiger partial charge in [-0.1, -0.05) is 6.07 Å². The Morgan fingerprint density at radius 3 is 2.66 bits per heavy atom. The van der Waals surface area contributed by atoms with E-state index in [9.17, 15) is 0 Å². The van der Waals surface area contributed by atoms with Crippen molar-refractivity contribution in [1.29, 1.82) is 0 Å². The van der Waals surface area contributed by atoms with Crippen molar-refractivity contribution in [1.82, 2.24) is 35.1 Å². The fourth-order valence-corrected chi connectivity index (χ4v) is 4.25. The van der Waals surface area contributed by atoms with Crippen LogP contribution in [0.5, 0.6) is 0 Å². The molecule has 6 rings (SSSR count). The molecule has 5 aromatic heterocycles. The summed E-state index contributed by atoms with van der Waals surface area (Å²) >= 11 is 0. The smallest absolute Gasteiger partial charge is 0.178 e. The molecule has 5 heterocycles. The van der Waals surface area contributed by atoms with Crippen molar-refractivity contribution in [2.75, 3.05) is 5.32 Å². The average molecular weight is 465 g/mol. The number of pyridine rings is 3. The minimum Gasteiger partial charge on any atom is -0.382 e. The van der Waals surface area contributed by atoms with Crippen LogP contribution in [-0.4, -0.2) is 41.2 Å². The number of hydrogen-bond donors (Lipinski definition) is 3. The van der Waals surface area contributed by atoms with E-state index in [1.807, 2.05) is 44.2 Å². The molecule has 8 nitrogen and oxygen atoms in total. The molecule has 0 amide bonds. The molecule has 0 spiro atoms. The van der Waals surface area contributed by atoms with Crippen LogP contribution in [0, 0.1) is 5.82 Å². The fourth-order valence-electron chi connectivity index (χ4n) is 4.25. The minimum atomic E-state index is -0.393. The lowest BCUT2D eigenvalue weighted by Gasteiger charge is -2.11. The third-order valence-electron chi connectivity index (χ3n) is 5.76. The zero-order chi connectivity index (χ0) is 23.9. The van der Waals surface area contributed by atoms with Gasteiger partial charge in [0.15, 0.2) is 11.5 Å². The summed E-state index contributed by atoms with van der Waals surface area (Å²) in [6.45, 7) is 4.08. The lowest BCUT2D eigenvalue weighted by Crippen LogP contribution is -2.09. The number of imidazole rings is 1. The zero-order valence-corrected chi connectivity index (χ0v) is 19.0. The first-order chi connectivity index (χ1) is 17.1. The third-order valence-corrected chi connectivity index (χ3v) is 5.76. The van der Waals surface area contributed by atoms with Gasteiger partial charge in [-0.05, 0) is 44.2 Å². The molecule has 3 N–H and O–H groups in total. The second kappa shape index (κ2) is 8.28. The van der Waals surface area contributed by atoms with Gasteiger partial charge in [0.25, 0.3) is 0 Å². The van der Waals surface area contributed by atoms with Crippen LogP contribution in [0.1, 0.15) is 13.8 Å². The third kappa shape index (κ3) is 3.67. The Morgan fingerprint density at radius 1 is 0.943 bits per heavy atom. The Labute approximate surface area is 199 Å². The van der Waals surface area contributed by atoms with Crippen molar-refractivity contribution in [3.8, 4) is 33.8 Å². The van der Waals surface area contributed by atoms with E-state index in [1.54, 1.807) is 37.1 Å². The van der Waals surface area contributed by atoms with Crippen LogP contribution in [-0.2, 0) is 0 Å². The van der Waals surface area contributed by atoms with Crippen LogP contribution in [0.3, 0.4) is 0 Å². The maximum absolute atomic E-state index is 16.0. The van der Waals surface area contributed by atoms with Gasteiger partial charge < -0.3 is 10.3 Å². The highest BCUT2D eigenvalue weighted by Crippen LogP contribution is 2.35. The van der Waals surface area contributed by atoms with Gasteiger partial charge in [-0.25, -0.2) is 14.4 Å². The van der Waals surface area contributed by atoms with E-state index in [2.05, 4.69) is 40.4 Å². The summed E-state index contributed by atoms with van der Waals surface area (Å²) in [5.41, 5.74) is 5.99. The maximum Gasteiger partial charge on any atom is 0.178 e. The lowest BCUT2D eigenvalue weighted by atomic mass is 10.0. The van der Waals surface area contributed by atoms with Crippen LogP contribution in [0.15, 0.2) is 67.4 Å². The number of halogens is 1. The van der Waals surface area contributed by atoms with Crippen molar-refractivity contribution >= 4 is 27.8 Å². The predicted molar refractivity (Wildman–Crippen MR) is 134 cm³/mol. The summed E-state index contributed by atoms with van der Waals surface area (Å²) in [4.78, 5) is 20.8. The molecule has 0 aliphatic rings. The van der Waals surface area contributed by atoms with Crippen molar-refractivity contribution in [3.05, 3.63) is 73.2 Å². The van der Waals surface area contributed by atoms with E-state index < -0.39 is 5.82 Å². The largest absolute Gasteiger partial charge is 0.382 e. The Balaban J connectivity index is 1.49. The van der Waals surface area contributed by atoms with Crippen molar-refractivity contribution in [2.24, 2.45) is 0 Å². The van der Waals surface area contributed by atoms with Crippen LogP contribution in [0.25, 0.3) is 55.8 Å². The fraction of sp³-hybridized carbons (Fsp3) is 0.115. The van der Waals surface area contributed by atoms with E-state index in [1.165, 1.54) is 0 Å². The monoisotopic (exact) mass is 464 g/mol. The summed E-state index contributed by atoms with van der Waals surface area (Å²) in [5.74, 6) is 0.0372. The molecule has 35 heavy (non-hydrogen) atoms.